The van der Waals surface area contributed by atoms with Crippen LogP contribution in [0.15, 0.2) is 36.6 Å². The van der Waals surface area contributed by atoms with Crippen molar-refractivity contribution in [2.45, 2.75) is 44.1 Å². The van der Waals surface area contributed by atoms with Crippen molar-refractivity contribution in [2.24, 2.45) is 0 Å². The highest BCUT2D eigenvalue weighted by atomic mass is 16.5. The number of rotatable bonds is 6. The lowest BCUT2D eigenvalue weighted by Crippen LogP contribution is -2.34. The SMILES string of the molecule is C=C/C=C/CCCC1(O)CCCC=C1OC. The molecule has 0 aromatic carbocycles. The van der Waals surface area contributed by atoms with Gasteiger partial charge in [0.05, 0.1) is 7.11 Å². The van der Waals surface area contributed by atoms with E-state index in [1.54, 1.807) is 13.2 Å². The van der Waals surface area contributed by atoms with Crippen LogP contribution in [0.25, 0.3) is 0 Å². The molecule has 0 aliphatic heterocycles. The molecule has 2 heteroatoms. The maximum absolute atomic E-state index is 10.5. The molecule has 16 heavy (non-hydrogen) atoms. The van der Waals surface area contributed by atoms with Crippen molar-refractivity contribution < 1.29 is 9.84 Å². The number of hydrogen-bond acceptors (Lipinski definition) is 2. The van der Waals surface area contributed by atoms with E-state index in [9.17, 15) is 5.11 Å². The zero-order valence-corrected chi connectivity index (χ0v) is 10.1. The first-order valence-corrected chi connectivity index (χ1v) is 5.97. The number of aliphatic hydroxyl groups is 1. The summed E-state index contributed by atoms with van der Waals surface area (Å²) in [7, 11) is 1.64. The second kappa shape index (κ2) is 6.54. The van der Waals surface area contributed by atoms with Gasteiger partial charge in [-0.25, -0.2) is 0 Å². The summed E-state index contributed by atoms with van der Waals surface area (Å²) >= 11 is 0. The topological polar surface area (TPSA) is 29.5 Å². The minimum Gasteiger partial charge on any atom is -0.498 e. The molecule has 1 N–H and O–H groups in total. The molecule has 0 aromatic heterocycles. The Balaban J connectivity index is 2.43. The average molecular weight is 222 g/mol. The summed E-state index contributed by atoms with van der Waals surface area (Å²) in [5.41, 5.74) is -0.727. The van der Waals surface area contributed by atoms with Gasteiger partial charge in [0.15, 0.2) is 0 Å². The van der Waals surface area contributed by atoms with Crippen LogP contribution in [0.1, 0.15) is 38.5 Å². The van der Waals surface area contributed by atoms with E-state index in [1.807, 2.05) is 12.2 Å². The van der Waals surface area contributed by atoms with Gasteiger partial charge in [-0.1, -0.05) is 24.8 Å². The Hall–Kier alpha value is -1.02. The summed E-state index contributed by atoms with van der Waals surface area (Å²) in [6, 6.07) is 0. The van der Waals surface area contributed by atoms with E-state index in [0.717, 1.165) is 44.3 Å². The fourth-order valence-corrected chi connectivity index (χ4v) is 2.17. The molecule has 0 heterocycles. The minimum absolute atomic E-state index is 0.727. The van der Waals surface area contributed by atoms with E-state index in [1.165, 1.54) is 0 Å². The first kappa shape index (κ1) is 13.0. The third-order valence-electron chi connectivity index (χ3n) is 3.04. The van der Waals surface area contributed by atoms with Gasteiger partial charge < -0.3 is 9.84 Å². The Morgan fingerprint density at radius 3 is 3.12 bits per heavy atom. The average Bonchev–Trinajstić information content (AvgIpc) is 2.29. The largest absolute Gasteiger partial charge is 0.498 e. The summed E-state index contributed by atoms with van der Waals surface area (Å²) in [6.07, 6.45) is 13.4. The molecule has 90 valence electrons. The lowest BCUT2D eigenvalue weighted by atomic mass is 9.84. The van der Waals surface area contributed by atoms with Crippen LogP contribution >= 0.6 is 0 Å². The second-order valence-electron chi connectivity index (χ2n) is 4.25. The molecular weight excluding hydrogens is 200 g/mol. The summed E-state index contributed by atoms with van der Waals surface area (Å²) in [6.45, 7) is 3.62. The lowest BCUT2D eigenvalue weighted by Gasteiger charge is -2.32. The van der Waals surface area contributed by atoms with Gasteiger partial charge in [-0.05, 0) is 44.6 Å². The lowest BCUT2D eigenvalue weighted by molar-refractivity contribution is -0.000836. The van der Waals surface area contributed by atoms with E-state index >= 15 is 0 Å². The number of unbranched alkanes of at least 4 members (excludes halogenated alkanes) is 1. The van der Waals surface area contributed by atoms with Crippen LogP contribution < -0.4 is 0 Å². The third-order valence-corrected chi connectivity index (χ3v) is 3.04. The van der Waals surface area contributed by atoms with E-state index in [2.05, 4.69) is 12.7 Å². The van der Waals surface area contributed by atoms with Gasteiger partial charge in [-0.3, -0.25) is 0 Å². The summed E-state index contributed by atoms with van der Waals surface area (Å²) < 4.78 is 5.26. The molecule has 0 bridgehead atoms. The van der Waals surface area contributed by atoms with Crippen molar-refractivity contribution in [2.75, 3.05) is 7.11 Å². The first-order valence-electron chi connectivity index (χ1n) is 5.97. The molecule has 0 radical (unpaired) electrons. The third kappa shape index (κ3) is 3.53. The maximum atomic E-state index is 10.5. The summed E-state index contributed by atoms with van der Waals surface area (Å²) in [5, 5.41) is 10.5. The van der Waals surface area contributed by atoms with Crippen LogP contribution in [0, 0.1) is 0 Å². The van der Waals surface area contributed by atoms with Crippen molar-refractivity contribution in [1.29, 1.82) is 0 Å². The molecule has 1 atom stereocenters. The highest BCUT2D eigenvalue weighted by molar-refractivity contribution is 5.13. The van der Waals surface area contributed by atoms with Crippen LogP contribution in [0.4, 0.5) is 0 Å². The molecule has 0 saturated carbocycles. The molecular formula is C14H22O2. The highest BCUT2D eigenvalue weighted by Gasteiger charge is 2.33. The Morgan fingerprint density at radius 1 is 1.62 bits per heavy atom. The smallest absolute Gasteiger partial charge is 0.123 e. The monoisotopic (exact) mass is 222 g/mol. The van der Waals surface area contributed by atoms with Crippen LogP contribution in [0.5, 0.6) is 0 Å². The van der Waals surface area contributed by atoms with Gasteiger partial charge in [-0.15, -0.1) is 0 Å². The number of hydrogen-bond donors (Lipinski definition) is 1. The van der Waals surface area contributed by atoms with Crippen LogP contribution in [0.3, 0.4) is 0 Å². The van der Waals surface area contributed by atoms with Gasteiger partial charge in [0.25, 0.3) is 0 Å². The fraction of sp³-hybridized carbons (Fsp3) is 0.571. The van der Waals surface area contributed by atoms with Crippen molar-refractivity contribution in [3.05, 3.63) is 36.6 Å². The van der Waals surface area contributed by atoms with E-state index in [0.29, 0.717) is 0 Å². The Kier molecular flexibility index (Phi) is 5.33. The van der Waals surface area contributed by atoms with E-state index < -0.39 is 5.60 Å². The molecule has 0 saturated heterocycles. The molecule has 0 fully saturated rings. The zero-order chi connectivity index (χ0) is 11.9. The fourth-order valence-electron chi connectivity index (χ4n) is 2.17. The molecule has 2 nitrogen and oxygen atoms in total. The van der Waals surface area contributed by atoms with Gasteiger partial charge >= 0.3 is 0 Å². The predicted molar refractivity (Wildman–Crippen MR) is 67.1 cm³/mol. The van der Waals surface area contributed by atoms with Crippen LogP contribution in [0.2, 0.25) is 0 Å². The maximum Gasteiger partial charge on any atom is 0.123 e. The zero-order valence-electron chi connectivity index (χ0n) is 10.1. The Morgan fingerprint density at radius 2 is 2.44 bits per heavy atom. The van der Waals surface area contributed by atoms with Gasteiger partial charge in [0.2, 0.25) is 0 Å². The summed E-state index contributed by atoms with van der Waals surface area (Å²) in [4.78, 5) is 0. The van der Waals surface area contributed by atoms with E-state index in [4.69, 9.17) is 4.74 Å². The summed E-state index contributed by atoms with van der Waals surface area (Å²) in [5.74, 6) is 0.756. The van der Waals surface area contributed by atoms with Gasteiger partial charge in [0, 0.05) is 0 Å². The molecule has 0 aromatic rings. The number of ether oxygens (including phenoxy) is 1. The number of allylic oxidation sites excluding steroid dienone is 4. The van der Waals surface area contributed by atoms with E-state index in [-0.39, 0.29) is 0 Å². The van der Waals surface area contributed by atoms with Gasteiger partial charge in [0.1, 0.15) is 11.4 Å². The normalized spacial score (nSPS) is 25.5. The molecule has 0 spiro atoms. The van der Waals surface area contributed by atoms with Crippen LogP contribution in [-0.4, -0.2) is 17.8 Å². The minimum atomic E-state index is -0.727. The van der Waals surface area contributed by atoms with Gasteiger partial charge in [-0.2, -0.15) is 0 Å². The molecule has 1 aliphatic carbocycles. The first-order chi connectivity index (χ1) is 7.73. The Labute approximate surface area is 98.3 Å². The molecule has 1 unspecified atom stereocenters. The highest BCUT2D eigenvalue weighted by Crippen LogP contribution is 2.33. The quantitative estimate of drug-likeness (QED) is 0.551. The second-order valence-corrected chi connectivity index (χ2v) is 4.25. The predicted octanol–water partition coefficient (Wildman–Crippen LogP) is 3.34. The van der Waals surface area contributed by atoms with Crippen molar-refractivity contribution in [3.8, 4) is 0 Å². The van der Waals surface area contributed by atoms with Crippen molar-refractivity contribution in [1.82, 2.24) is 0 Å². The van der Waals surface area contributed by atoms with Crippen LogP contribution in [-0.2, 0) is 4.74 Å². The molecule has 1 rings (SSSR count). The van der Waals surface area contributed by atoms with Crippen molar-refractivity contribution in [3.63, 3.8) is 0 Å². The standard InChI is InChI=1S/C14H22O2/c1-3-4-5-6-8-11-14(15)12-9-7-10-13(14)16-2/h3-5,10,15H,1,6-9,11-12H2,2H3/b5-4+. The molecule has 0 amide bonds. The number of methoxy groups -OCH3 is 1. The molecule has 1 aliphatic rings. The Bertz CT molecular complexity index is 278. The van der Waals surface area contributed by atoms with Crippen molar-refractivity contribution >= 4 is 0 Å².